The van der Waals surface area contributed by atoms with E-state index in [1.54, 1.807) is 0 Å². The molecule has 2 aromatic rings. The Bertz CT molecular complexity index is 752. The van der Waals surface area contributed by atoms with Gasteiger partial charge in [-0.15, -0.1) is 0 Å². The Kier molecular flexibility index (Phi) is 12.3. The molecule has 0 aliphatic heterocycles. The second-order valence-electron chi connectivity index (χ2n) is 11.8. The van der Waals surface area contributed by atoms with Crippen LogP contribution in [0.15, 0.2) is 36.4 Å². The van der Waals surface area contributed by atoms with E-state index in [0.29, 0.717) is 11.8 Å². The van der Waals surface area contributed by atoms with E-state index in [1.165, 1.54) is 25.7 Å². The third kappa shape index (κ3) is 9.51. The Labute approximate surface area is 210 Å². The van der Waals surface area contributed by atoms with Crippen LogP contribution in [-0.4, -0.2) is 13.2 Å². The van der Waals surface area contributed by atoms with Crippen molar-refractivity contribution in [2.75, 3.05) is 13.2 Å². The van der Waals surface area contributed by atoms with Gasteiger partial charge >= 0.3 is 0 Å². The van der Waals surface area contributed by atoms with E-state index in [1.807, 2.05) is 0 Å². The van der Waals surface area contributed by atoms with Crippen LogP contribution in [0.4, 0.5) is 0 Å². The first-order chi connectivity index (χ1) is 16.2. The first-order valence-electron chi connectivity index (χ1n) is 14.0. The van der Waals surface area contributed by atoms with Crippen LogP contribution in [0.3, 0.4) is 0 Å². The highest BCUT2D eigenvalue weighted by Gasteiger charge is 2.16. The fourth-order valence-electron chi connectivity index (χ4n) is 4.86. The van der Waals surface area contributed by atoms with Gasteiger partial charge in [0.1, 0.15) is 11.5 Å². The predicted molar refractivity (Wildman–Crippen MR) is 149 cm³/mol. The van der Waals surface area contributed by atoms with Crippen LogP contribution < -0.4 is 9.47 Å². The van der Waals surface area contributed by atoms with Crippen molar-refractivity contribution in [3.8, 4) is 11.5 Å². The maximum absolute atomic E-state index is 6.33. The van der Waals surface area contributed by atoms with Gasteiger partial charge in [-0.2, -0.15) is 0 Å². The van der Waals surface area contributed by atoms with Gasteiger partial charge in [-0.3, -0.25) is 0 Å². The third-order valence-corrected chi connectivity index (χ3v) is 7.45. The molecule has 0 heterocycles. The summed E-state index contributed by atoms with van der Waals surface area (Å²) >= 11 is 0. The summed E-state index contributed by atoms with van der Waals surface area (Å²) in [7, 11) is 0. The quantitative estimate of drug-likeness (QED) is 0.244. The fourth-order valence-corrected chi connectivity index (χ4v) is 4.86. The van der Waals surface area contributed by atoms with E-state index in [2.05, 4.69) is 91.8 Å². The summed E-state index contributed by atoms with van der Waals surface area (Å²) in [5.41, 5.74) is 0. The molecule has 2 atom stereocenters. The Morgan fingerprint density at radius 2 is 0.882 bits per heavy atom. The molecule has 0 aliphatic rings. The molecule has 0 saturated heterocycles. The van der Waals surface area contributed by atoms with E-state index < -0.39 is 0 Å². The van der Waals surface area contributed by atoms with Gasteiger partial charge in [0.05, 0.1) is 13.2 Å². The number of benzene rings is 2. The first kappa shape index (κ1) is 28.5. The van der Waals surface area contributed by atoms with Crippen molar-refractivity contribution in [3.05, 3.63) is 36.4 Å². The fraction of sp³-hybridized carbons (Fsp3) is 0.688. The summed E-state index contributed by atoms with van der Waals surface area (Å²) in [5.74, 6) is 6.34. The topological polar surface area (TPSA) is 18.5 Å². The molecule has 192 valence electrons. The monoisotopic (exact) mass is 468 g/mol. The molecule has 2 unspecified atom stereocenters. The normalized spacial score (nSPS) is 13.9. The van der Waals surface area contributed by atoms with Crippen molar-refractivity contribution >= 4 is 10.8 Å². The summed E-state index contributed by atoms with van der Waals surface area (Å²) in [6.07, 6.45) is 7.41. The zero-order valence-electron chi connectivity index (χ0n) is 23.4. The molecule has 0 saturated carbocycles. The summed E-state index contributed by atoms with van der Waals surface area (Å²) in [5, 5.41) is 2.31. The van der Waals surface area contributed by atoms with Gasteiger partial charge in [0.25, 0.3) is 0 Å². The number of ether oxygens (including phenoxy) is 2. The summed E-state index contributed by atoms with van der Waals surface area (Å²) in [4.78, 5) is 0. The van der Waals surface area contributed by atoms with Crippen LogP contribution >= 0.6 is 0 Å². The summed E-state index contributed by atoms with van der Waals surface area (Å²) in [6, 6.07) is 12.7. The number of hydrogen-bond acceptors (Lipinski definition) is 2. The van der Waals surface area contributed by atoms with Gasteiger partial charge in [-0.1, -0.05) is 92.5 Å². The van der Waals surface area contributed by atoms with E-state index in [9.17, 15) is 0 Å². The van der Waals surface area contributed by atoms with Crippen molar-refractivity contribution in [2.24, 2.45) is 35.5 Å². The first-order valence-corrected chi connectivity index (χ1v) is 14.0. The lowest BCUT2D eigenvalue weighted by atomic mass is 9.86. The molecule has 0 spiro atoms. The highest BCUT2D eigenvalue weighted by Crippen LogP contribution is 2.33. The average Bonchev–Trinajstić information content (AvgIpc) is 2.77. The summed E-state index contributed by atoms with van der Waals surface area (Å²) in [6.45, 7) is 20.2. The molecule has 0 aromatic heterocycles. The molecule has 0 fully saturated rings. The molecule has 0 radical (unpaired) electrons. The Morgan fingerprint density at radius 3 is 1.21 bits per heavy atom. The molecule has 0 amide bonds. The molecule has 0 bridgehead atoms. The minimum absolute atomic E-state index is 0.699. The molecule has 0 aliphatic carbocycles. The SMILES string of the molecule is CC(C)CCC(CCOc1cccc2c(OCCC(CCC(C)C)C(C)C)cccc12)C(C)C. The Hall–Kier alpha value is -1.70. The second-order valence-corrected chi connectivity index (χ2v) is 11.8. The lowest BCUT2D eigenvalue weighted by molar-refractivity contribution is 0.232. The van der Waals surface area contributed by atoms with E-state index in [-0.39, 0.29) is 0 Å². The van der Waals surface area contributed by atoms with E-state index >= 15 is 0 Å². The highest BCUT2D eigenvalue weighted by molar-refractivity contribution is 5.93. The third-order valence-electron chi connectivity index (χ3n) is 7.45. The summed E-state index contributed by atoms with van der Waals surface area (Å²) < 4.78 is 12.7. The molecule has 2 nitrogen and oxygen atoms in total. The molecular weight excluding hydrogens is 416 g/mol. The zero-order chi connectivity index (χ0) is 25.1. The van der Waals surface area contributed by atoms with Crippen LogP contribution in [0.25, 0.3) is 10.8 Å². The van der Waals surface area contributed by atoms with E-state index in [0.717, 1.165) is 72.0 Å². The van der Waals surface area contributed by atoms with Crippen LogP contribution in [0, 0.1) is 35.5 Å². The average molecular weight is 469 g/mol. The van der Waals surface area contributed by atoms with Crippen molar-refractivity contribution in [1.29, 1.82) is 0 Å². The van der Waals surface area contributed by atoms with Gasteiger partial charge in [-0.05, 0) is 73.3 Å². The van der Waals surface area contributed by atoms with Crippen molar-refractivity contribution in [3.63, 3.8) is 0 Å². The number of hydrogen-bond donors (Lipinski definition) is 0. The maximum atomic E-state index is 6.33. The number of rotatable bonds is 16. The molecule has 34 heavy (non-hydrogen) atoms. The Morgan fingerprint density at radius 1 is 0.500 bits per heavy atom. The number of fused-ring (bicyclic) bond motifs is 1. The molecule has 2 rings (SSSR count). The van der Waals surface area contributed by atoms with E-state index in [4.69, 9.17) is 9.47 Å². The van der Waals surface area contributed by atoms with Gasteiger partial charge < -0.3 is 9.47 Å². The largest absolute Gasteiger partial charge is 0.493 e. The molecule has 0 N–H and O–H groups in total. The van der Waals surface area contributed by atoms with Crippen LogP contribution in [0.2, 0.25) is 0 Å². The van der Waals surface area contributed by atoms with Crippen molar-refractivity contribution < 1.29 is 9.47 Å². The van der Waals surface area contributed by atoms with Crippen molar-refractivity contribution in [1.82, 2.24) is 0 Å². The highest BCUT2D eigenvalue weighted by atomic mass is 16.5. The van der Waals surface area contributed by atoms with Gasteiger partial charge in [-0.25, -0.2) is 0 Å². The zero-order valence-corrected chi connectivity index (χ0v) is 23.4. The lowest BCUT2D eigenvalue weighted by Gasteiger charge is -2.22. The standard InChI is InChI=1S/C32H52O2/c1-23(2)15-17-27(25(5)6)19-21-33-31-13-9-12-30-29(31)11-10-14-32(30)34-22-20-28(26(7)8)18-16-24(3)4/h9-14,23-28H,15-22H2,1-8H3. The lowest BCUT2D eigenvalue weighted by Crippen LogP contribution is -2.14. The minimum Gasteiger partial charge on any atom is -0.493 e. The van der Waals surface area contributed by atoms with Crippen LogP contribution in [-0.2, 0) is 0 Å². The maximum Gasteiger partial charge on any atom is 0.127 e. The predicted octanol–water partition coefficient (Wildman–Crippen LogP) is 9.79. The van der Waals surface area contributed by atoms with Crippen LogP contribution in [0.1, 0.15) is 93.9 Å². The van der Waals surface area contributed by atoms with Gasteiger partial charge in [0.15, 0.2) is 0 Å². The van der Waals surface area contributed by atoms with Crippen LogP contribution in [0.5, 0.6) is 11.5 Å². The Balaban J connectivity index is 2.00. The minimum atomic E-state index is 0.699. The molecular formula is C32H52O2. The van der Waals surface area contributed by atoms with Crippen molar-refractivity contribution in [2.45, 2.75) is 93.9 Å². The van der Waals surface area contributed by atoms with Gasteiger partial charge in [0, 0.05) is 10.8 Å². The van der Waals surface area contributed by atoms with Gasteiger partial charge in [0.2, 0.25) is 0 Å². The molecule has 2 heteroatoms. The second kappa shape index (κ2) is 14.6. The smallest absolute Gasteiger partial charge is 0.127 e. The molecule has 2 aromatic carbocycles.